The fourth-order valence-corrected chi connectivity index (χ4v) is 11.5. The molecule has 3 aliphatic heterocycles. The van der Waals surface area contributed by atoms with Gasteiger partial charge in [0.25, 0.3) is 0 Å². The lowest BCUT2D eigenvalue weighted by molar-refractivity contribution is -0.141. The van der Waals surface area contributed by atoms with Gasteiger partial charge in [-0.15, -0.1) is 0 Å². The molecule has 0 radical (unpaired) electrons. The number of methoxy groups -OCH3 is 1. The van der Waals surface area contributed by atoms with Gasteiger partial charge in [0.15, 0.2) is 6.29 Å². The van der Waals surface area contributed by atoms with E-state index >= 15 is 0 Å². The Hall–Kier alpha value is -4.83. The van der Waals surface area contributed by atoms with Crippen LogP contribution >= 0.6 is 0 Å². The van der Waals surface area contributed by atoms with E-state index in [2.05, 4.69) is 16.0 Å². The van der Waals surface area contributed by atoms with Crippen LogP contribution in [0, 0.1) is 17.8 Å². The van der Waals surface area contributed by atoms with Gasteiger partial charge in [0, 0.05) is 80.3 Å². The minimum atomic E-state index is -1.29. The molecule has 1 saturated heterocycles. The van der Waals surface area contributed by atoms with Gasteiger partial charge in [-0.3, -0.25) is 9.59 Å². The summed E-state index contributed by atoms with van der Waals surface area (Å²) in [5.41, 5.74) is 2.30. The number of carbonyl (C=O) groups is 3. The molecule has 3 aromatic rings. The van der Waals surface area contributed by atoms with Crippen molar-refractivity contribution >= 4 is 34.5 Å². The van der Waals surface area contributed by atoms with Gasteiger partial charge in [0.05, 0.1) is 42.6 Å². The number of benzene rings is 2. The number of allylic oxidation sites excluding steroid dienone is 3. The van der Waals surface area contributed by atoms with Crippen molar-refractivity contribution in [1.29, 1.82) is 0 Å². The number of hydrogen-bond acceptors (Lipinski definition) is 13. The summed E-state index contributed by atoms with van der Waals surface area (Å²) in [6.07, 6.45) is 9.59. The maximum atomic E-state index is 14.2. The molecule has 0 spiro atoms. The summed E-state index contributed by atoms with van der Waals surface area (Å²) >= 11 is 0. The quantitative estimate of drug-likeness (QED) is 0.0649. The molecule has 14 nitrogen and oxygen atoms in total. The molecule has 1 aromatic heterocycles. The first kappa shape index (κ1) is 44.4. The molecule has 6 aliphatic rings. The van der Waals surface area contributed by atoms with Crippen LogP contribution < -0.4 is 14.2 Å². The molecule has 2 saturated carbocycles. The molecule has 64 heavy (non-hydrogen) atoms. The lowest BCUT2D eigenvalue weighted by atomic mass is 9.66. The number of nitrogens with one attached hydrogen (secondary N) is 1. The predicted molar refractivity (Wildman–Crippen MR) is 236 cm³/mol. The van der Waals surface area contributed by atoms with Crippen molar-refractivity contribution < 1.29 is 58.5 Å². The van der Waals surface area contributed by atoms with Gasteiger partial charge < -0.3 is 54.0 Å². The van der Waals surface area contributed by atoms with Crippen LogP contribution in [-0.2, 0) is 36.9 Å². The second kappa shape index (κ2) is 18.6. The predicted octanol–water partition coefficient (Wildman–Crippen LogP) is 5.23. The molecule has 0 bridgehead atoms. The Bertz CT molecular complexity index is 2380. The first-order valence-corrected chi connectivity index (χ1v) is 23.0. The third-order valence-electron chi connectivity index (χ3n) is 14.6. The lowest BCUT2D eigenvalue weighted by Crippen LogP contribution is -2.58. The third kappa shape index (κ3) is 8.00. The number of Topliss-reactive ketones (excluding diaryl/α,β-unsaturated/α-hetero) is 1. The third-order valence-corrected chi connectivity index (χ3v) is 14.6. The van der Waals surface area contributed by atoms with Crippen LogP contribution in [0.3, 0.4) is 0 Å². The molecular weight excluding hydrogens is 821 g/mol. The summed E-state index contributed by atoms with van der Waals surface area (Å²) in [6, 6.07) is 7.68. The first-order valence-electron chi connectivity index (χ1n) is 23.0. The van der Waals surface area contributed by atoms with Crippen molar-refractivity contribution in [1.82, 2.24) is 9.88 Å². The van der Waals surface area contributed by atoms with Crippen molar-refractivity contribution in [3.05, 3.63) is 81.8 Å². The number of carbonyl (C=O) groups excluding carboxylic acids is 3. The van der Waals surface area contributed by atoms with Crippen LogP contribution in [0.5, 0.6) is 17.2 Å². The van der Waals surface area contributed by atoms with E-state index in [1.807, 2.05) is 36.5 Å². The average Bonchev–Trinajstić information content (AvgIpc) is 3.97. The summed E-state index contributed by atoms with van der Waals surface area (Å²) in [7, 11) is 1.71. The number of fused-ring (bicyclic) bond motifs is 4. The van der Waals surface area contributed by atoms with Gasteiger partial charge in [0.1, 0.15) is 40.8 Å². The standard InChI is InChI=1S/C50H60N2O12/c1-3-61-49(58)48-37(26-54)42(31-20-32(25-53)44(57)35(21-31)28-10-11-40-29(19-28)12-15-51-40)43-46(62-34-9-4-8-33(56)22-34)36-23-41(63-45(36)38(27-55)47(43)64-48)50(59)14-5-7-30-24-52(16-6-18-60-2)17-13-39(30)50/h5,7,10-12,15,19,26,30,32-35,39,41,51,53,55-56,59H,3-4,6,8-9,13-14,16-18,20-25,27H2,1-2H3/b42-31-/t30-,32-,33-,34-,35+,39-,41+,50-/m1/s1. The second-order valence-electron chi connectivity index (χ2n) is 18.4. The van der Waals surface area contributed by atoms with Gasteiger partial charge >= 0.3 is 5.97 Å². The number of hydrogen-bond donors (Lipinski definition) is 5. The summed E-state index contributed by atoms with van der Waals surface area (Å²) in [4.78, 5) is 47.3. The molecule has 2 aromatic carbocycles. The molecule has 3 fully saturated rings. The van der Waals surface area contributed by atoms with Crippen molar-refractivity contribution in [2.45, 2.75) is 108 Å². The monoisotopic (exact) mass is 880 g/mol. The molecule has 3 aliphatic carbocycles. The number of aromatic nitrogens is 1. The van der Waals surface area contributed by atoms with Crippen LogP contribution in [-0.4, -0.2) is 119 Å². The van der Waals surface area contributed by atoms with E-state index in [-0.39, 0.29) is 71.9 Å². The molecule has 0 unspecified atom stereocenters. The van der Waals surface area contributed by atoms with Crippen molar-refractivity contribution in [3.63, 3.8) is 0 Å². The van der Waals surface area contributed by atoms with E-state index in [1.165, 1.54) is 0 Å². The highest BCUT2D eigenvalue weighted by molar-refractivity contribution is 6.11. The normalized spacial score (nSPS) is 30.3. The number of nitrogens with zero attached hydrogens (tertiary/aromatic N) is 1. The summed E-state index contributed by atoms with van der Waals surface area (Å²) < 4.78 is 31.2. The number of rotatable bonds is 13. The summed E-state index contributed by atoms with van der Waals surface area (Å²) in [5.74, 6) is -2.35. The number of aliphatic hydroxyl groups is 4. The zero-order chi connectivity index (χ0) is 44.7. The Morgan fingerprint density at radius 2 is 1.97 bits per heavy atom. The van der Waals surface area contributed by atoms with Crippen LogP contribution in [0.2, 0.25) is 0 Å². The molecule has 4 heterocycles. The van der Waals surface area contributed by atoms with Crippen LogP contribution in [0.1, 0.15) is 92.9 Å². The minimum absolute atomic E-state index is 0.0122. The average molecular weight is 881 g/mol. The second-order valence-corrected chi connectivity index (χ2v) is 18.4. The zero-order valence-corrected chi connectivity index (χ0v) is 36.7. The Kier molecular flexibility index (Phi) is 12.9. The van der Waals surface area contributed by atoms with E-state index < -0.39 is 54.9 Å². The van der Waals surface area contributed by atoms with E-state index in [4.69, 9.17) is 23.7 Å². The highest BCUT2D eigenvalue weighted by Crippen LogP contribution is 2.58. The Morgan fingerprint density at radius 3 is 2.73 bits per heavy atom. The number of H-pyrrole nitrogens is 1. The number of aromatic amines is 1. The Labute approximate surface area is 372 Å². The Morgan fingerprint density at radius 1 is 1.11 bits per heavy atom. The topological polar surface area (TPSA) is 197 Å². The summed E-state index contributed by atoms with van der Waals surface area (Å²) in [5, 5.41) is 46.9. The number of ether oxygens (including phenoxy) is 5. The number of piperidine rings is 1. The van der Waals surface area contributed by atoms with Gasteiger partial charge in [-0.2, -0.15) is 0 Å². The molecular formula is C50H60N2O12. The van der Waals surface area contributed by atoms with Crippen molar-refractivity contribution in [3.8, 4) is 17.2 Å². The van der Waals surface area contributed by atoms with Crippen LogP contribution in [0.15, 0.2) is 59.5 Å². The van der Waals surface area contributed by atoms with E-state index in [0.717, 1.165) is 48.9 Å². The first-order chi connectivity index (χ1) is 31.1. The number of aldehydes is 1. The maximum absolute atomic E-state index is 14.2. The van der Waals surface area contributed by atoms with E-state index in [1.54, 1.807) is 14.0 Å². The fraction of sp³-hybridized carbons (Fsp3) is 0.540. The van der Waals surface area contributed by atoms with E-state index in [0.29, 0.717) is 73.0 Å². The van der Waals surface area contributed by atoms with Crippen molar-refractivity contribution in [2.24, 2.45) is 17.8 Å². The smallest absolute Gasteiger partial charge is 0.375 e. The molecule has 0 amide bonds. The fourth-order valence-electron chi connectivity index (χ4n) is 11.5. The van der Waals surface area contributed by atoms with Gasteiger partial charge in [0.2, 0.25) is 5.76 Å². The summed E-state index contributed by atoms with van der Waals surface area (Å²) in [6.45, 7) is 3.78. The number of esters is 1. The largest absolute Gasteiger partial charge is 0.489 e. The lowest BCUT2D eigenvalue weighted by Gasteiger charge is -2.49. The Balaban J connectivity index is 1.21. The van der Waals surface area contributed by atoms with E-state index in [9.17, 15) is 34.8 Å². The van der Waals surface area contributed by atoms with Gasteiger partial charge in [-0.05, 0) is 99.9 Å². The molecule has 342 valence electrons. The highest BCUT2D eigenvalue weighted by atomic mass is 16.6. The molecule has 5 N–H and O–H groups in total. The zero-order valence-electron chi connectivity index (χ0n) is 36.7. The SMILES string of the molecule is CCOC(=O)C1=C(C=O)/C(=C2\C[C@H](CO)C(=O)[C@H](c3ccc4[nH]ccc4c3)C2)c2c(c(CO)c3c(c2O[C@@H]2CCC[C@@H](O)C2)C[C@@H]([C@@]2(O)CC=C[C@@H]4CN(CCCOC)CC[C@H]42)O3)O1. The van der Waals surface area contributed by atoms with Crippen LogP contribution in [0.25, 0.3) is 16.5 Å². The number of aliphatic hydroxyl groups excluding tert-OH is 3. The van der Waals surface area contributed by atoms with Gasteiger partial charge in [-0.1, -0.05) is 23.8 Å². The van der Waals surface area contributed by atoms with Gasteiger partial charge in [-0.25, -0.2) is 4.79 Å². The maximum Gasteiger partial charge on any atom is 0.375 e. The minimum Gasteiger partial charge on any atom is -0.489 e. The molecule has 8 atom stereocenters. The van der Waals surface area contributed by atoms with Crippen LogP contribution in [0.4, 0.5) is 0 Å². The molecule has 14 heteroatoms. The van der Waals surface area contributed by atoms with Crippen molar-refractivity contribution in [2.75, 3.05) is 46.6 Å². The number of likely N-dealkylation sites (tertiary alicyclic amines) is 1. The highest BCUT2D eigenvalue weighted by Gasteiger charge is 2.54. The number of ketones is 1. The molecule has 9 rings (SSSR count).